The second-order valence-corrected chi connectivity index (χ2v) is 4.38. The molecule has 0 aliphatic rings. The maximum absolute atomic E-state index is 11.5. The topological polar surface area (TPSA) is 109 Å². The van der Waals surface area contributed by atoms with Crippen LogP contribution in [0.2, 0.25) is 0 Å². The minimum atomic E-state index is -0.566. The van der Waals surface area contributed by atoms with Crippen molar-refractivity contribution >= 4 is 18.0 Å². The van der Waals surface area contributed by atoms with Crippen LogP contribution in [0.4, 0.5) is 4.79 Å². The largest absolute Gasteiger partial charge is 0.445 e. The molecule has 0 saturated carbocycles. The molecule has 1 aromatic carbocycles. The molecule has 0 spiro atoms. The van der Waals surface area contributed by atoms with E-state index < -0.39 is 12.2 Å². The molecule has 1 unspecified atom stereocenters. The van der Waals surface area contributed by atoms with Crippen LogP contribution in [0.5, 0.6) is 0 Å². The summed E-state index contributed by atoms with van der Waals surface area (Å²) in [6.45, 7) is 2.17. The zero-order chi connectivity index (χ0) is 15.5. The standard InChI is InChI=1S/C14H20N4O3/c1-11(19)7-16-8-13(18-15)9-17-14(20)21-10-12-5-3-2-4-6-12/h2-6,8,11,19H,7,9-10,15H2,1H3,(H,17,20)/b16-8?,18-13+. The van der Waals surface area contributed by atoms with E-state index in [0.29, 0.717) is 5.71 Å². The van der Waals surface area contributed by atoms with Crippen molar-refractivity contribution in [3.63, 3.8) is 0 Å². The van der Waals surface area contributed by atoms with Crippen LogP contribution in [-0.4, -0.2) is 42.3 Å². The third kappa shape index (κ3) is 7.68. The van der Waals surface area contributed by atoms with Crippen molar-refractivity contribution < 1.29 is 14.6 Å². The molecule has 1 atom stereocenters. The van der Waals surface area contributed by atoms with Gasteiger partial charge < -0.3 is 21.0 Å². The highest BCUT2D eigenvalue weighted by molar-refractivity contribution is 6.31. The van der Waals surface area contributed by atoms with Crippen molar-refractivity contribution in [2.75, 3.05) is 13.1 Å². The van der Waals surface area contributed by atoms with Gasteiger partial charge in [0.1, 0.15) is 6.61 Å². The normalized spacial score (nSPS) is 13.1. The van der Waals surface area contributed by atoms with Crippen molar-refractivity contribution in [1.29, 1.82) is 0 Å². The lowest BCUT2D eigenvalue weighted by molar-refractivity contribution is 0.141. The Bertz CT molecular complexity index is 486. The van der Waals surface area contributed by atoms with Crippen LogP contribution < -0.4 is 11.2 Å². The Morgan fingerprint density at radius 3 is 2.81 bits per heavy atom. The molecule has 0 saturated heterocycles. The number of aliphatic hydroxyl groups excluding tert-OH is 1. The van der Waals surface area contributed by atoms with Crippen molar-refractivity contribution in [1.82, 2.24) is 5.32 Å². The molecule has 0 aliphatic carbocycles. The predicted molar refractivity (Wildman–Crippen MR) is 81.3 cm³/mol. The fraction of sp³-hybridized carbons (Fsp3) is 0.357. The van der Waals surface area contributed by atoms with Crippen LogP contribution in [0.25, 0.3) is 0 Å². The number of nitrogens with two attached hydrogens (primary N) is 1. The van der Waals surface area contributed by atoms with Crippen LogP contribution in [0.15, 0.2) is 40.4 Å². The smallest absolute Gasteiger partial charge is 0.407 e. The molecule has 7 nitrogen and oxygen atoms in total. The van der Waals surface area contributed by atoms with Gasteiger partial charge in [-0.3, -0.25) is 4.99 Å². The minimum Gasteiger partial charge on any atom is -0.445 e. The second-order valence-electron chi connectivity index (χ2n) is 4.38. The molecule has 0 bridgehead atoms. The molecular weight excluding hydrogens is 272 g/mol. The number of nitrogens with zero attached hydrogens (tertiary/aromatic N) is 2. The lowest BCUT2D eigenvalue weighted by Crippen LogP contribution is -2.31. The Balaban J connectivity index is 2.29. The van der Waals surface area contributed by atoms with Crippen molar-refractivity contribution in [2.24, 2.45) is 15.9 Å². The lowest BCUT2D eigenvalue weighted by atomic mass is 10.2. The first-order valence-electron chi connectivity index (χ1n) is 6.51. The summed E-state index contributed by atoms with van der Waals surface area (Å²) in [4.78, 5) is 15.4. The van der Waals surface area contributed by atoms with Gasteiger partial charge >= 0.3 is 6.09 Å². The Kier molecular flexibility index (Phi) is 7.52. The first-order valence-corrected chi connectivity index (χ1v) is 6.51. The molecule has 0 heterocycles. The van der Waals surface area contributed by atoms with E-state index in [0.717, 1.165) is 5.56 Å². The molecule has 1 aromatic rings. The van der Waals surface area contributed by atoms with E-state index in [1.165, 1.54) is 6.21 Å². The van der Waals surface area contributed by atoms with Crippen LogP contribution in [0.3, 0.4) is 0 Å². The van der Waals surface area contributed by atoms with Gasteiger partial charge in [0.15, 0.2) is 0 Å². The van der Waals surface area contributed by atoms with Gasteiger partial charge in [0.25, 0.3) is 0 Å². The van der Waals surface area contributed by atoms with Gasteiger partial charge in [-0.1, -0.05) is 30.3 Å². The van der Waals surface area contributed by atoms with E-state index in [-0.39, 0.29) is 19.7 Å². The molecule has 0 aromatic heterocycles. The molecule has 0 aliphatic heterocycles. The molecule has 1 amide bonds. The molecule has 0 radical (unpaired) electrons. The molecule has 114 valence electrons. The lowest BCUT2D eigenvalue weighted by Gasteiger charge is -2.06. The first-order chi connectivity index (χ1) is 10.1. The Morgan fingerprint density at radius 1 is 1.48 bits per heavy atom. The number of hydrazone groups is 1. The second kappa shape index (κ2) is 9.49. The van der Waals surface area contributed by atoms with E-state index in [9.17, 15) is 4.79 Å². The molecule has 0 fully saturated rings. The number of hydrogen-bond donors (Lipinski definition) is 3. The van der Waals surface area contributed by atoms with Crippen molar-refractivity contribution in [2.45, 2.75) is 19.6 Å². The summed E-state index contributed by atoms with van der Waals surface area (Å²) >= 11 is 0. The Labute approximate surface area is 123 Å². The van der Waals surface area contributed by atoms with Crippen LogP contribution in [0.1, 0.15) is 12.5 Å². The number of nitrogens with one attached hydrogen (secondary N) is 1. The summed E-state index contributed by atoms with van der Waals surface area (Å²) in [5.74, 6) is 5.18. The van der Waals surface area contributed by atoms with Gasteiger partial charge in [-0.15, -0.1) is 0 Å². The number of rotatable bonds is 7. The fourth-order valence-corrected chi connectivity index (χ4v) is 1.37. The quantitative estimate of drug-likeness (QED) is 0.390. The van der Waals surface area contributed by atoms with E-state index in [1.807, 2.05) is 30.3 Å². The number of benzene rings is 1. The first kappa shape index (κ1) is 16.6. The minimum absolute atomic E-state index is 0.105. The molecule has 4 N–H and O–H groups in total. The maximum atomic E-state index is 11.5. The average molecular weight is 292 g/mol. The van der Waals surface area contributed by atoms with Gasteiger partial charge in [0.05, 0.1) is 24.9 Å². The predicted octanol–water partition coefficient (Wildman–Crippen LogP) is 0.679. The zero-order valence-electron chi connectivity index (χ0n) is 11.9. The Morgan fingerprint density at radius 2 is 2.19 bits per heavy atom. The van der Waals surface area contributed by atoms with Gasteiger partial charge in [0, 0.05) is 6.21 Å². The third-order valence-electron chi connectivity index (χ3n) is 2.40. The summed E-state index contributed by atoms with van der Waals surface area (Å²) in [6, 6.07) is 9.36. The maximum Gasteiger partial charge on any atom is 0.407 e. The zero-order valence-corrected chi connectivity index (χ0v) is 11.9. The highest BCUT2D eigenvalue weighted by Crippen LogP contribution is 2.00. The van der Waals surface area contributed by atoms with E-state index in [2.05, 4.69) is 15.4 Å². The number of hydrogen-bond acceptors (Lipinski definition) is 6. The summed E-state index contributed by atoms with van der Waals surface area (Å²) in [6.07, 6.45) is 0.303. The molecule has 21 heavy (non-hydrogen) atoms. The van der Waals surface area contributed by atoms with Gasteiger partial charge in [-0.05, 0) is 12.5 Å². The van der Waals surface area contributed by atoms with Crippen LogP contribution >= 0.6 is 0 Å². The average Bonchev–Trinajstić information content (AvgIpc) is 2.49. The number of carbonyl (C=O) groups is 1. The van der Waals surface area contributed by atoms with Gasteiger partial charge in [-0.25, -0.2) is 4.79 Å². The van der Waals surface area contributed by atoms with E-state index in [1.54, 1.807) is 6.92 Å². The molecule has 1 rings (SSSR count). The number of ether oxygens (including phenoxy) is 1. The van der Waals surface area contributed by atoms with Crippen molar-refractivity contribution in [3.8, 4) is 0 Å². The van der Waals surface area contributed by atoms with Crippen LogP contribution in [0, 0.1) is 0 Å². The van der Waals surface area contributed by atoms with Crippen LogP contribution in [-0.2, 0) is 11.3 Å². The highest BCUT2D eigenvalue weighted by Gasteiger charge is 2.04. The van der Waals surface area contributed by atoms with Gasteiger partial charge in [-0.2, -0.15) is 5.10 Å². The van der Waals surface area contributed by atoms with Gasteiger partial charge in [0.2, 0.25) is 0 Å². The number of carbonyl (C=O) groups excluding carboxylic acids is 1. The number of aliphatic hydroxyl groups is 1. The fourth-order valence-electron chi connectivity index (χ4n) is 1.37. The molecule has 7 heteroatoms. The monoisotopic (exact) mass is 292 g/mol. The third-order valence-corrected chi connectivity index (χ3v) is 2.40. The van der Waals surface area contributed by atoms with E-state index in [4.69, 9.17) is 15.7 Å². The summed E-state index contributed by atoms with van der Waals surface area (Å²) < 4.78 is 5.04. The summed E-state index contributed by atoms with van der Waals surface area (Å²) in [5, 5.41) is 15.1. The number of alkyl carbamates (subject to hydrolysis) is 1. The van der Waals surface area contributed by atoms with Crippen molar-refractivity contribution in [3.05, 3.63) is 35.9 Å². The summed E-state index contributed by atoms with van der Waals surface area (Å²) in [7, 11) is 0. The SMILES string of the molecule is CC(O)CN=C/C(CNC(=O)OCc1ccccc1)=N\N. The molecular formula is C14H20N4O3. The number of aliphatic imine (C=N–C) groups is 1. The van der Waals surface area contributed by atoms with E-state index >= 15 is 0 Å². The highest BCUT2D eigenvalue weighted by atomic mass is 16.5. The number of amides is 1. The Hall–Kier alpha value is -2.41. The summed E-state index contributed by atoms with van der Waals surface area (Å²) in [5.41, 5.74) is 1.28.